The normalized spacial score (nSPS) is 26.4. The highest BCUT2D eigenvalue weighted by molar-refractivity contribution is 6.24. The van der Waals surface area contributed by atoms with Crippen LogP contribution in [0.5, 0.6) is 5.75 Å². The van der Waals surface area contributed by atoms with Gasteiger partial charge in [-0.05, 0) is 57.5 Å². The number of hydrogen-bond acceptors (Lipinski definition) is 10. The van der Waals surface area contributed by atoms with Crippen LogP contribution in [0.2, 0.25) is 0 Å². The smallest absolute Gasteiger partial charge is 0.255 e. The van der Waals surface area contributed by atoms with Crippen molar-refractivity contribution in [3.63, 3.8) is 0 Å². The number of primary amides is 1. The number of phenolic OH excluding ortho intramolecular Hbond substituents is 1. The van der Waals surface area contributed by atoms with E-state index in [-0.39, 0.29) is 47.6 Å². The zero-order valence-corrected chi connectivity index (χ0v) is 21.5. The maximum atomic E-state index is 13.9. The van der Waals surface area contributed by atoms with Gasteiger partial charge in [0.25, 0.3) is 5.91 Å². The van der Waals surface area contributed by atoms with Crippen molar-refractivity contribution in [2.24, 2.45) is 17.6 Å². The van der Waals surface area contributed by atoms with Gasteiger partial charge in [0.2, 0.25) is 5.78 Å². The highest BCUT2D eigenvalue weighted by atomic mass is 16.3. The van der Waals surface area contributed by atoms with E-state index in [0.29, 0.717) is 11.4 Å². The predicted octanol–water partition coefficient (Wildman–Crippen LogP) is 0.352. The van der Waals surface area contributed by atoms with E-state index in [2.05, 4.69) is 4.98 Å². The third kappa shape index (κ3) is 3.62. The fourth-order valence-corrected chi connectivity index (χ4v) is 6.32. The molecule has 0 saturated heterocycles. The van der Waals surface area contributed by atoms with Gasteiger partial charge < -0.3 is 30.7 Å². The van der Waals surface area contributed by atoms with Crippen molar-refractivity contribution in [1.29, 1.82) is 0 Å². The number of Topliss-reactive ketones (excluding diaryl/α,β-unsaturated/α-hetero) is 3. The molecule has 1 aromatic heterocycles. The number of imidazole rings is 1. The van der Waals surface area contributed by atoms with E-state index >= 15 is 0 Å². The molecule has 0 radical (unpaired) electrons. The van der Waals surface area contributed by atoms with Crippen LogP contribution in [-0.4, -0.2) is 83.9 Å². The topological polar surface area (TPSA) is 196 Å². The summed E-state index contributed by atoms with van der Waals surface area (Å²) in [5.41, 5.74) is 1.90. The van der Waals surface area contributed by atoms with Gasteiger partial charge in [-0.1, -0.05) is 0 Å². The molecule has 6 N–H and O–H groups in total. The number of ketones is 3. The first kappa shape index (κ1) is 26.3. The zero-order valence-electron chi connectivity index (χ0n) is 21.5. The van der Waals surface area contributed by atoms with Crippen LogP contribution in [0.15, 0.2) is 41.4 Å². The first-order chi connectivity index (χ1) is 18.3. The Labute approximate surface area is 222 Å². The lowest BCUT2D eigenvalue weighted by Crippen LogP contribution is -2.65. The molecule has 0 spiro atoms. The molecule has 3 aliphatic rings. The number of aromatic nitrogens is 2. The molecule has 204 valence electrons. The van der Waals surface area contributed by atoms with E-state index in [1.54, 1.807) is 23.9 Å². The van der Waals surface area contributed by atoms with Gasteiger partial charge in [0, 0.05) is 29.4 Å². The van der Waals surface area contributed by atoms with Crippen molar-refractivity contribution in [2.45, 2.75) is 38.0 Å². The number of carbonyl (C=O) groups is 4. The second-order valence-electron chi connectivity index (χ2n) is 10.5. The SMILES string of the molecule is Cc1nccn1CC(=O)c1ccc(O)c2c1C[C@H]1C[C@H]3[C@H](N(C)C)C(=O)C(C(N)=O)=C(O)[C@@]3(O)C(=O)C1=C2O. The van der Waals surface area contributed by atoms with E-state index in [1.807, 2.05) is 0 Å². The summed E-state index contributed by atoms with van der Waals surface area (Å²) in [6.07, 6.45) is 3.19. The van der Waals surface area contributed by atoms with Crippen LogP contribution in [0.1, 0.15) is 33.7 Å². The lowest BCUT2D eigenvalue weighted by molar-refractivity contribution is -0.153. The number of hydrogen-bond donors (Lipinski definition) is 5. The molecule has 1 heterocycles. The summed E-state index contributed by atoms with van der Waals surface area (Å²) in [6, 6.07) is 1.50. The quantitative estimate of drug-likeness (QED) is 0.263. The number of carbonyl (C=O) groups excluding carboxylic acids is 4. The summed E-state index contributed by atoms with van der Waals surface area (Å²) in [5, 5.41) is 44.5. The fourth-order valence-electron chi connectivity index (χ4n) is 6.32. The van der Waals surface area contributed by atoms with E-state index < -0.39 is 58.0 Å². The van der Waals surface area contributed by atoms with Crippen LogP contribution < -0.4 is 5.73 Å². The van der Waals surface area contributed by atoms with Crippen LogP contribution in [0.4, 0.5) is 0 Å². The number of phenols is 1. The van der Waals surface area contributed by atoms with Gasteiger partial charge in [-0.25, -0.2) is 4.98 Å². The second kappa shape index (κ2) is 8.89. The number of benzene rings is 1. The minimum Gasteiger partial charge on any atom is -0.508 e. The standard InChI is InChI=1S/C27H28N4O8/c1-11-29-6-7-31(11)10-17(33)13-4-5-16(32)19-14(13)8-12-9-15-21(30(2)3)23(35)20(26(28)38)25(37)27(15,39)24(36)18(12)22(19)34/h4-7,12,15,21,32,34,37,39H,8-10H2,1-3H3,(H2,28,38)/t12-,15-,21-,27-/m0/s1. The van der Waals surface area contributed by atoms with Crippen molar-refractivity contribution >= 4 is 29.0 Å². The minimum atomic E-state index is -2.72. The number of aliphatic hydroxyl groups excluding tert-OH is 2. The number of nitrogens with two attached hydrogens (primary N) is 1. The maximum Gasteiger partial charge on any atom is 0.255 e. The molecule has 0 unspecified atom stereocenters. The van der Waals surface area contributed by atoms with Crippen molar-refractivity contribution in [2.75, 3.05) is 14.1 Å². The monoisotopic (exact) mass is 536 g/mol. The van der Waals surface area contributed by atoms with Crippen LogP contribution in [0.25, 0.3) is 5.76 Å². The molecule has 12 heteroatoms. The molecular formula is C27H28N4O8. The molecule has 39 heavy (non-hydrogen) atoms. The first-order valence-electron chi connectivity index (χ1n) is 12.3. The molecule has 4 atom stereocenters. The third-order valence-electron chi connectivity index (χ3n) is 8.14. The molecule has 1 amide bonds. The van der Waals surface area contributed by atoms with E-state index in [1.165, 1.54) is 31.1 Å². The van der Waals surface area contributed by atoms with Gasteiger partial charge in [0.05, 0.1) is 18.2 Å². The number of aliphatic hydroxyl groups is 3. The van der Waals surface area contributed by atoms with Crippen molar-refractivity contribution in [3.8, 4) is 5.75 Å². The van der Waals surface area contributed by atoms with Gasteiger partial charge >= 0.3 is 0 Å². The number of fused-ring (bicyclic) bond motifs is 3. The Morgan fingerprint density at radius 3 is 2.49 bits per heavy atom. The Morgan fingerprint density at radius 1 is 1.21 bits per heavy atom. The number of aryl methyl sites for hydroxylation is 1. The third-order valence-corrected chi connectivity index (χ3v) is 8.14. The van der Waals surface area contributed by atoms with E-state index in [9.17, 15) is 39.6 Å². The lowest BCUT2D eigenvalue weighted by atomic mass is 9.57. The Kier molecular flexibility index (Phi) is 6.00. The van der Waals surface area contributed by atoms with Gasteiger partial charge in [-0.3, -0.25) is 24.1 Å². The maximum absolute atomic E-state index is 13.9. The van der Waals surface area contributed by atoms with Crippen LogP contribution >= 0.6 is 0 Å². The molecule has 0 bridgehead atoms. The molecule has 12 nitrogen and oxygen atoms in total. The van der Waals surface area contributed by atoms with Crippen LogP contribution in [-0.2, 0) is 27.3 Å². The number of likely N-dealkylation sites (N-methyl/N-ethyl adjacent to an activating group) is 1. The van der Waals surface area contributed by atoms with Crippen molar-refractivity contribution in [3.05, 3.63) is 63.9 Å². The molecule has 0 aliphatic heterocycles. The molecule has 1 saturated carbocycles. The van der Waals surface area contributed by atoms with Crippen LogP contribution in [0, 0.1) is 18.8 Å². The Hall–Kier alpha value is -4.29. The molecule has 1 fully saturated rings. The zero-order chi connectivity index (χ0) is 28.5. The molecule has 2 aromatic rings. The molecule has 1 aromatic carbocycles. The summed E-state index contributed by atoms with van der Waals surface area (Å²) >= 11 is 0. The molecule has 3 aliphatic carbocycles. The lowest BCUT2D eigenvalue weighted by Gasteiger charge is -2.50. The van der Waals surface area contributed by atoms with Crippen LogP contribution in [0.3, 0.4) is 0 Å². The van der Waals surface area contributed by atoms with Gasteiger partial charge in [-0.15, -0.1) is 0 Å². The number of amides is 1. The van der Waals surface area contributed by atoms with E-state index in [4.69, 9.17) is 5.73 Å². The Bertz CT molecular complexity index is 1530. The summed E-state index contributed by atoms with van der Waals surface area (Å²) in [7, 11) is 3.06. The number of rotatable bonds is 5. The van der Waals surface area contributed by atoms with Gasteiger partial charge in [0.1, 0.15) is 28.7 Å². The van der Waals surface area contributed by atoms with Crippen molar-refractivity contribution in [1.82, 2.24) is 14.5 Å². The molecular weight excluding hydrogens is 508 g/mol. The predicted molar refractivity (Wildman–Crippen MR) is 136 cm³/mol. The largest absolute Gasteiger partial charge is 0.508 e. The second-order valence-corrected chi connectivity index (χ2v) is 10.5. The fraction of sp³-hybridized carbons (Fsp3) is 0.370. The number of aromatic hydroxyl groups is 1. The van der Waals surface area contributed by atoms with E-state index in [0.717, 1.165) is 0 Å². The Balaban J connectivity index is 1.67. The Morgan fingerprint density at radius 2 is 1.90 bits per heavy atom. The summed E-state index contributed by atoms with van der Waals surface area (Å²) < 4.78 is 1.65. The highest BCUT2D eigenvalue weighted by Gasteiger charge is 2.64. The van der Waals surface area contributed by atoms with Gasteiger partial charge in [-0.2, -0.15) is 0 Å². The molecule has 5 rings (SSSR count). The minimum absolute atomic E-state index is 0.0346. The first-order valence-corrected chi connectivity index (χ1v) is 12.3. The average molecular weight is 537 g/mol. The van der Waals surface area contributed by atoms with Crippen molar-refractivity contribution < 1.29 is 39.6 Å². The average Bonchev–Trinajstić information content (AvgIpc) is 3.25. The number of nitrogens with zero attached hydrogens (tertiary/aromatic N) is 3. The summed E-state index contributed by atoms with van der Waals surface area (Å²) in [4.78, 5) is 58.0. The summed E-state index contributed by atoms with van der Waals surface area (Å²) in [6.45, 7) is 1.70. The highest BCUT2D eigenvalue weighted by Crippen LogP contribution is 2.53. The summed E-state index contributed by atoms with van der Waals surface area (Å²) in [5.74, 6) is -7.05. The van der Waals surface area contributed by atoms with Gasteiger partial charge in [0.15, 0.2) is 17.2 Å².